The summed E-state index contributed by atoms with van der Waals surface area (Å²) in [5.74, 6) is 0.0711. The maximum absolute atomic E-state index is 11.4. The molecule has 1 aromatic heterocycles. The Morgan fingerprint density at radius 2 is 2.05 bits per heavy atom. The largest absolute Gasteiger partial charge is 0.465 e. The summed E-state index contributed by atoms with van der Waals surface area (Å²) in [6.45, 7) is 3.20. The van der Waals surface area contributed by atoms with Crippen molar-refractivity contribution in [3.8, 4) is 0 Å². The lowest BCUT2D eigenvalue weighted by Crippen LogP contribution is -2.51. The molecule has 1 unspecified atom stereocenters. The second-order valence-electron chi connectivity index (χ2n) is 5.57. The van der Waals surface area contributed by atoms with Gasteiger partial charge in [0, 0.05) is 30.6 Å². The lowest BCUT2D eigenvalue weighted by molar-refractivity contribution is 0.0728. The maximum atomic E-state index is 11.4. The summed E-state index contributed by atoms with van der Waals surface area (Å²) < 4.78 is 0. The summed E-state index contributed by atoms with van der Waals surface area (Å²) in [7, 11) is 0. The summed E-state index contributed by atoms with van der Waals surface area (Å²) >= 11 is 0. The standard InChI is InChI=1S/C15H17N3O3.ClH/c1-8(9-6-18(7-9)15(20)21)10-2-3-12(14(16)19)13-11(10)4-5-17-13;/h2-5,8-9,17H,6-7H2,1H3,(H2,16,19)(H,20,21);1H. The molecular weight excluding hydrogens is 306 g/mol. The van der Waals surface area contributed by atoms with Gasteiger partial charge < -0.3 is 20.7 Å². The number of amides is 2. The Labute approximate surface area is 133 Å². The Bertz CT molecular complexity index is 722. The molecule has 22 heavy (non-hydrogen) atoms. The molecule has 118 valence electrons. The SMILES string of the molecule is CC(c1ccc(C(N)=O)c2[nH]ccc12)C1CN(C(=O)O)C1.Cl. The van der Waals surface area contributed by atoms with Crippen molar-refractivity contribution in [1.29, 1.82) is 0 Å². The number of carbonyl (C=O) groups is 2. The molecule has 6 nitrogen and oxygen atoms in total. The lowest BCUT2D eigenvalue weighted by Gasteiger charge is -2.41. The Hall–Kier alpha value is -2.21. The highest BCUT2D eigenvalue weighted by atomic mass is 35.5. The molecule has 0 spiro atoms. The number of aromatic amines is 1. The number of primary amides is 1. The fourth-order valence-corrected chi connectivity index (χ4v) is 3.02. The molecule has 3 rings (SSSR count). The van der Waals surface area contributed by atoms with Crippen molar-refractivity contribution in [3.05, 3.63) is 35.5 Å². The van der Waals surface area contributed by atoms with Gasteiger partial charge in [0.2, 0.25) is 0 Å². The van der Waals surface area contributed by atoms with E-state index in [1.807, 2.05) is 12.1 Å². The molecule has 1 aromatic carbocycles. The molecule has 2 heterocycles. The number of hydrogen-bond acceptors (Lipinski definition) is 2. The third kappa shape index (κ3) is 2.50. The van der Waals surface area contributed by atoms with Crippen LogP contribution in [0.2, 0.25) is 0 Å². The number of likely N-dealkylation sites (tertiary alicyclic amines) is 1. The van der Waals surface area contributed by atoms with Crippen molar-refractivity contribution >= 4 is 35.3 Å². The fraction of sp³-hybridized carbons (Fsp3) is 0.333. The molecule has 1 aliphatic rings. The number of carboxylic acid groups (broad SMARTS) is 1. The number of fused-ring (bicyclic) bond motifs is 1. The van der Waals surface area contributed by atoms with Gasteiger partial charge in [-0.1, -0.05) is 13.0 Å². The van der Waals surface area contributed by atoms with Crippen molar-refractivity contribution in [3.63, 3.8) is 0 Å². The Morgan fingerprint density at radius 1 is 1.36 bits per heavy atom. The van der Waals surface area contributed by atoms with Crippen LogP contribution in [0.15, 0.2) is 24.4 Å². The molecule has 1 fully saturated rings. The van der Waals surface area contributed by atoms with Crippen molar-refractivity contribution in [2.24, 2.45) is 11.7 Å². The highest BCUT2D eigenvalue weighted by Crippen LogP contribution is 2.36. The number of H-pyrrole nitrogens is 1. The molecule has 0 aliphatic carbocycles. The molecule has 0 saturated carbocycles. The van der Waals surface area contributed by atoms with E-state index in [1.165, 1.54) is 4.90 Å². The third-order valence-electron chi connectivity index (χ3n) is 4.40. The van der Waals surface area contributed by atoms with Crippen molar-refractivity contribution in [2.75, 3.05) is 13.1 Å². The molecule has 0 radical (unpaired) electrons. The predicted octanol–water partition coefficient (Wildman–Crippen LogP) is 2.40. The Kier molecular flexibility index (Phi) is 4.32. The van der Waals surface area contributed by atoms with Gasteiger partial charge in [-0.15, -0.1) is 12.4 Å². The number of benzene rings is 1. The van der Waals surface area contributed by atoms with Gasteiger partial charge in [0.15, 0.2) is 0 Å². The molecule has 1 saturated heterocycles. The highest BCUT2D eigenvalue weighted by Gasteiger charge is 2.35. The summed E-state index contributed by atoms with van der Waals surface area (Å²) in [6, 6.07) is 5.59. The van der Waals surface area contributed by atoms with E-state index in [2.05, 4.69) is 11.9 Å². The minimum Gasteiger partial charge on any atom is -0.465 e. The quantitative estimate of drug-likeness (QED) is 0.808. The summed E-state index contributed by atoms with van der Waals surface area (Å²) in [5.41, 5.74) is 7.73. The summed E-state index contributed by atoms with van der Waals surface area (Å²) in [6.07, 6.45) is 0.923. The first kappa shape index (κ1) is 16.2. The minimum atomic E-state index is -0.866. The molecule has 0 bridgehead atoms. The predicted molar refractivity (Wildman–Crippen MR) is 85.6 cm³/mol. The molecular formula is C15H18ClN3O3. The monoisotopic (exact) mass is 323 g/mol. The molecule has 2 aromatic rings. The fourth-order valence-electron chi connectivity index (χ4n) is 3.02. The number of nitrogens with one attached hydrogen (secondary N) is 1. The summed E-state index contributed by atoms with van der Waals surface area (Å²) in [5, 5.41) is 9.89. The highest BCUT2D eigenvalue weighted by molar-refractivity contribution is 6.05. The zero-order valence-corrected chi connectivity index (χ0v) is 12.9. The van der Waals surface area contributed by atoms with Crippen LogP contribution < -0.4 is 5.73 Å². The van der Waals surface area contributed by atoms with Crippen LogP contribution in [0.4, 0.5) is 4.79 Å². The van der Waals surface area contributed by atoms with Crippen LogP contribution in [-0.2, 0) is 0 Å². The molecule has 7 heteroatoms. The number of hydrogen-bond donors (Lipinski definition) is 3. The van der Waals surface area contributed by atoms with Gasteiger partial charge in [0.1, 0.15) is 0 Å². The van der Waals surface area contributed by atoms with Gasteiger partial charge >= 0.3 is 6.09 Å². The van der Waals surface area contributed by atoms with Gasteiger partial charge in [-0.25, -0.2) is 4.79 Å². The van der Waals surface area contributed by atoms with Gasteiger partial charge in [-0.2, -0.15) is 0 Å². The van der Waals surface area contributed by atoms with Crippen LogP contribution in [0.3, 0.4) is 0 Å². The second kappa shape index (κ2) is 5.88. The van der Waals surface area contributed by atoms with Gasteiger partial charge in [-0.3, -0.25) is 4.79 Å². The second-order valence-corrected chi connectivity index (χ2v) is 5.57. The minimum absolute atomic E-state index is 0. The Morgan fingerprint density at radius 3 is 2.64 bits per heavy atom. The number of halogens is 1. The molecule has 1 aliphatic heterocycles. The topological polar surface area (TPSA) is 99.4 Å². The number of rotatable bonds is 3. The first-order valence-corrected chi connectivity index (χ1v) is 6.86. The van der Waals surface area contributed by atoms with Crippen LogP contribution in [-0.4, -0.2) is 40.1 Å². The van der Waals surface area contributed by atoms with Crippen molar-refractivity contribution < 1.29 is 14.7 Å². The van der Waals surface area contributed by atoms with E-state index < -0.39 is 12.0 Å². The zero-order valence-electron chi connectivity index (χ0n) is 12.1. The van der Waals surface area contributed by atoms with Crippen LogP contribution >= 0.6 is 12.4 Å². The number of nitrogens with zero attached hydrogens (tertiary/aromatic N) is 1. The number of carbonyl (C=O) groups excluding carboxylic acids is 1. The molecule has 1 atom stereocenters. The average molecular weight is 324 g/mol. The van der Waals surface area contributed by atoms with E-state index in [0.29, 0.717) is 24.6 Å². The molecule has 2 amide bonds. The van der Waals surface area contributed by atoms with Crippen LogP contribution in [0.25, 0.3) is 10.9 Å². The van der Waals surface area contributed by atoms with E-state index in [-0.39, 0.29) is 18.3 Å². The third-order valence-corrected chi connectivity index (χ3v) is 4.40. The zero-order chi connectivity index (χ0) is 15.1. The van der Waals surface area contributed by atoms with Gasteiger partial charge in [-0.05, 0) is 23.6 Å². The van der Waals surface area contributed by atoms with Crippen LogP contribution in [0.1, 0.15) is 28.8 Å². The first-order valence-electron chi connectivity index (χ1n) is 6.86. The normalized spacial score (nSPS) is 16.0. The van der Waals surface area contributed by atoms with E-state index in [0.717, 1.165) is 16.5 Å². The van der Waals surface area contributed by atoms with E-state index in [9.17, 15) is 9.59 Å². The number of aromatic nitrogens is 1. The molecule has 4 N–H and O–H groups in total. The van der Waals surface area contributed by atoms with Crippen LogP contribution in [0.5, 0.6) is 0 Å². The summed E-state index contributed by atoms with van der Waals surface area (Å²) in [4.78, 5) is 26.8. The first-order chi connectivity index (χ1) is 9.99. The van der Waals surface area contributed by atoms with Crippen molar-refractivity contribution in [1.82, 2.24) is 9.88 Å². The Balaban J connectivity index is 0.00000176. The van der Waals surface area contributed by atoms with E-state index >= 15 is 0 Å². The van der Waals surface area contributed by atoms with Gasteiger partial charge in [0.25, 0.3) is 5.91 Å². The van der Waals surface area contributed by atoms with E-state index in [4.69, 9.17) is 10.8 Å². The van der Waals surface area contributed by atoms with E-state index in [1.54, 1.807) is 12.3 Å². The number of nitrogens with two attached hydrogens (primary N) is 1. The maximum Gasteiger partial charge on any atom is 0.407 e. The average Bonchev–Trinajstić information content (AvgIpc) is 2.83. The van der Waals surface area contributed by atoms with Crippen LogP contribution in [0, 0.1) is 5.92 Å². The van der Waals surface area contributed by atoms with Gasteiger partial charge in [0.05, 0.1) is 11.1 Å². The lowest BCUT2D eigenvalue weighted by atomic mass is 9.81. The van der Waals surface area contributed by atoms with Crippen molar-refractivity contribution in [2.45, 2.75) is 12.8 Å². The smallest absolute Gasteiger partial charge is 0.407 e.